The third kappa shape index (κ3) is 3.98. The molecule has 1 unspecified atom stereocenters. The van der Waals surface area contributed by atoms with Crippen LogP contribution in [0.1, 0.15) is 52.4 Å². The van der Waals surface area contributed by atoms with Crippen molar-refractivity contribution < 1.29 is 4.79 Å². The van der Waals surface area contributed by atoms with Gasteiger partial charge < -0.3 is 10.6 Å². The van der Waals surface area contributed by atoms with Crippen molar-refractivity contribution in [2.24, 2.45) is 17.1 Å². The van der Waals surface area contributed by atoms with E-state index in [-0.39, 0.29) is 11.3 Å². The lowest BCUT2D eigenvalue weighted by molar-refractivity contribution is -0.137. The minimum absolute atomic E-state index is 0.197. The molecular weight excluding hydrogens is 212 g/mol. The van der Waals surface area contributed by atoms with Gasteiger partial charge in [0.1, 0.15) is 0 Å². The highest BCUT2D eigenvalue weighted by Gasteiger charge is 2.40. The summed E-state index contributed by atoms with van der Waals surface area (Å²) in [5.41, 5.74) is 5.66. The maximum atomic E-state index is 12.3. The first kappa shape index (κ1) is 14.5. The van der Waals surface area contributed by atoms with Crippen LogP contribution in [0, 0.1) is 11.3 Å². The quantitative estimate of drug-likeness (QED) is 0.725. The van der Waals surface area contributed by atoms with Gasteiger partial charge in [0.2, 0.25) is 5.91 Å². The van der Waals surface area contributed by atoms with Crippen LogP contribution in [0.5, 0.6) is 0 Å². The lowest BCUT2D eigenvalue weighted by Crippen LogP contribution is -2.38. The fourth-order valence-corrected chi connectivity index (χ4v) is 2.83. The average molecular weight is 240 g/mol. The molecule has 2 N–H and O–H groups in total. The van der Waals surface area contributed by atoms with Crippen molar-refractivity contribution in [3.8, 4) is 0 Å². The summed E-state index contributed by atoms with van der Waals surface area (Å²) < 4.78 is 0. The third-order valence-corrected chi connectivity index (χ3v) is 4.13. The Morgan fingerprint density at radius 2 is 2.06 bits per heavy atom. The average Bonchev–Trinajstić information content (AvgIpc) is 2.63. The zero-order valence-electron chi connectivity index (χ0n) is 11.7. The van der Waals surface area contributed by atoms with E-state index >= 15 is 0 Å². The van der Waals surface area contributed by atoms with Crippen LogP contribution in [0.15, 0.2) is 0 Å². The van der Waals surface area contributed by atoms with E-state index in [0.29, 0.717) is 5.91 Å². The molecule has 0 aliphatic heterocycles. The molecule has 100 valence electrons. The predicted molar refractivity (Wildman–Crippen MR) is 71.7 cm³/mol. The van der Waals surface area contributed by atoms with Crippen molar-refractivity contribution in [3.63, 3.8) is 0 Å². The number of hydrogen-bond acceptors (Lipinski definition) is 2. The van der Waals surface area contributed by atoms with Gasteiger partial charge in [-0.2, -0.15) is 0 Å². The van der Waals surface area contributed by atoms with E-state index in [9.17, 15) is 4.79 Å². The Hall–Kier alpha value is -0.570. The Morgan fingerprint density at radius 1 is 1.35 bits per heavy atom. The van der Waals surface area contributed by atoms with Gasteiger partial charge in [-0.05, 0) is 37.6 Å². The van der Waals surface area contributed by atoms with Gasteiger partial charge in [0.25, 0.3) is 0 Å². The molecule has 1 amide bonds. The molecule has 0 spiro atoms. The number of nitrogens with zero attached hydrogens (tertiary/aromatic N) is 1. The Balaban J connectivity index is 2.36. The first-order valence-corrected chi connectivity index (χ1v) is 6.94. The zero-order chi connectivity index (χ0) is 12.9. The Kier molecular flexibility index (Phi) is 5.44. The molecule has 0 heterocycles. The van der Waals surface area contributed by atoms with Gasteiger partial charge in [-0.15, -0.1) is 0 Å². The normalized spacial score (nSPS) is 22.7. The van der Waals surface area contributed by atoms with E-state index in [4.69, 9.17) is 5.73 Å². The molecule has 0 saturated heterocycles. The first-order valence-electron chi connectivity index (χ1n) is 6.94. The van der Waals surface area contributed by atoms with Crippen LogP contribution in [0.4, 0.5) is 0 Å². The second-order valence-electron chi connectivity index (χ2n) is 6.04. The van der Waals surface area contributed by atoms with Crippen molar-refractivity contribution >= 4 is 5.91 Å². The molecule has 1 aliphatic carbocycles. The highest BCUT2D eigenvalue weighted by atomic mass is 16.2. The summed E-state index contributed by atoms with van der Waals surface area (Å²) in [6.07, 6.45) is 6.72. The third-order valence-electron chi connectivity index (χ3n) is 4.13. The Bertz CT molecular complexity index is 251. The second kappa shape index (κ2) is 6.39. The number of amides is 1. The van der Waals surface area contributed by atoms with Crippen molar-refractivity contribution in [2.45, 2.75) is 52.4 Å². The zero-order valence-corrected chi connectivity index (χ0v) is 11.7. The van der Waals surface area contributed by atoms with Crippen LogP contribution in [0.2, 0.25) is 0 Å². The smallest absolute Gasteiger partial charge is 0.225 e. The summed E-state index contributed by atoms with van der Waals surface area (Å²) in [5, 5.41) is 0. The van der Waals surface area contributed by atoms with Crippen LogP contribution in [-0.4, -0.2) is 30.9 Å². The fourth-order valence-electron chi connectivity index (χ4n) is 2.83. The lowest BCUT2D eigenvalue weighted by Gasteiger charge is -2.30. The number of hydrogen-bond donors (Lipinski definition) is 1. The van der Waals surface area contributed by atoms with E-state index in [1.807, 2.05) is 11.9 Å². The molecular formula is C14H28N2O. The maximum Gasteiger partial charge on any atom is 0.225 e. The fraction of sp³-hybridized carbons (Fsp3) is 0.929. The maximum absolute atomic E-state index is 12.3. The summed E-state index contributed by atoms with van der Waals surface area (Å²) in [6, 6.07) is 0. The molecule has 1 rings (SSSR count). The summed E-state index contributed by atoms with van der Waals surface area (Å²) in [5.74, 6) is 0.585. The van der Waals surface area contributed by atoms with Gasteiger partial charge in [0, 0.05) is 19.5 Å². The molecule has 17 heavy (non-hydrogen) atoms. The van der Waals surface area contributed by atoms with Crippen LogP contribution >= 0.6 is 0 Å². The van der Waals surface area contributed by atoms with Crippen molar-refractivity contribution in [3.05, 3.63) is 0 Å². The minimum Gasteiger partial charge on any atom is -0.346 e. The number of nitrogens with two attached hydrogens (primary N) is 1. The SMILES string of the molecule is CN(CCCCCN)C(=O)C1CCCC1(C)C. The van der Waals surface area contributed by atoms with E-state index in [2.05, 4.69) is 13.8 Å². The molecule has 0 bridgehead atoms. The van der Waals surface area contributed by atoms with Gasteiger partial charge in [-0.25, -0.2) is 0 Å². The molecule has 0 aromatic rings. The van der Waals surface area contributed by atoms with E-state index in [1.165, 1.54) is 12.8 Å². The Morgan fingerprint density at radius 3 is 2.59 bits per heavy atom. The molecule has 1 atom stereocenters. The van der Waals surface area contributed by atoms with Crippen molar-refractivity contribution in [2.75, 3.05) is 20.1 Å². The van der Waals surface area contributed by atoms with Crippen LogP contribution in [-0.2, 0) is 4.79 Å². The molecule has 0 aromatic carbocycles. The van der Waals surface area contributed by atoms with Crippen molar-refractivity contribution in [1.82, 2.24) is 4.90 Å². The second-order valence-corrected chi connectivity index (χ2v) is 6.04. The van der Waals surface area contributed by atoms with Gasteiger partial charge in [-0.1, -0.05) is 26.7 Å². The molecule has 1 saturated carbocycles. The highest BCUT2D eigenvalue weighted by molar-refractivity contribution is 5.79. The molecule has 0 radical (unpaired) electrons. The molecule has 3 nitrogen and oxygen atoms in total. The van der Waals surface area contributed by atoms with Crippen LogP contribution < -0.4 is 5.73 Å². The van der Waals surface area contributed by atoms with E-state index in [0.717, 1.165) is 38.8 Å². The Labute approximate surface area is 106 Å². The van der Waals surface area contributed by atoms with E-state index in [1.54, 1.807) is 0 Å². The number of carbonyl (C=O) groups excluding carboxylic acids is 1. The van der Waals surface area contributed by atoms with Gasteiger partial charge in [-0.3, -0.25) is 4.79 Å². The van der Waals surface area contributed by atoms with Crippen LogP contribution in [0.25, 0.3) is 0 Å². The number of unbranched alkanes of at least 4 members (excludes halogenated alkanes) is 2. The summed E-state index contributed by atoms with van der Waals surface area (Å²) in [4.78, 5) is 14.3. The van der Waals surface area contributed by atoms with Crippen molar-refractivity contribution in [1.29, 1.82) is 0 Å². The molecule has 1 fully saturated rings. The standard InChI is InChI=1S/C14H28N2O/c1-14(2)9-7-8-12(14)13(17)16(3)11-6-4-5-10-15/h12H,4-11,15H2,1-3H3. The lowest BCUT2D eigenvalue weighted by atomic mass is 9.81. The first-order chi connectivity index (χ1) is 7.99. The summed E-state index contributed by atoms with van der Waals surface area (Å²) >= 11 is 0. The highest BCUT2D eigenvalue weighted by Crippen LogP contribution is 2.43. The van der Waals surface area contributed by atoms with Gasteiger partial charge in [0.05, 0.1) is 0 Å². The summed E-state index contributed by atoms with van der Waals surface area (Å²) in [6.45, 7) is 6.09. The van der Waals surface area contributed by atoms with Crippen LogP contribution in [0.3, 0.4) is 0 Å². The monoisotopic (exact) mass is 240 g/mol. The minimum atomic E-state index is 0.197. The number of carbonyl (C=O) groups is 1. The predicted octanol–water partition coefficient (Wildman–Crippen LogP) is 2.40. The van der Waals surface area contributed by atoms with Gasteiger partial charge in [0.15, 0.2) is 0 Å². The largest absolute Gasteiger partial charge is 0.346 e. The number of rotatable bonds is 6. The topological polar surface area (TPSA) is 46.3 Å². The van der Waals surface area contributed by atoms with E-state index < -0.39 is 0 Å². The molecule has 0 aromatic heterocycles. The van der Waals surface area contributed by atoms with Gasteiger partial charge >= 0.3 is 0 Å². The summed E-state index contributed by atoms with van der Waals surface area (Å²) in [7, 11) is 1.94. The molecule has 1 aliphatic rings. The molecule has 3 heteroatoms.